The minimum Gasteiger partial charge on any atom is -0.490 e. The van der Waals surface area contributed by atoms with Crippen molar-refractivity contribution in [2.75, 3.05) is 50.3 Å². The van der Waals surface area contributed by atoms with E-state index in [1.807, 2.05) is 6.92 Å². The van der Waals surface area contributed by atoms with Crippen LogP contribution in [0.5, 0.6) is 34.5 Å². The SMILES string of the molecule is C#Cc1cc(NC(=O)c2cc(OCCCCCCCC)c(OCCCCCCCC)c(OCCCCCCCC)c2)c(C)c(NC(=O)c2cc(OCCCCCCCC)c(OCCCCCCCC)c(OCCCCCCCC)c2)c1. The maximum atomic E-state index is 14.6. The van der Waals surface area contributed by atoms with Gasteiger partial charge in [0, 0.05) is 28.1 Å². The summed E-state index contributed by atoms with van der Waals surface area (Å²) in [5, 5.41) is 6.31. The van der Waals surface area contributed by atoms with Crippen LogP contribution >= 0.6 is 0 Å². The molecule has 0 unspecified atom stereocenters. The molecule has 0 atom stereocenters. The van der Waals surface area contributed by atoms with E-state index in [1.54, 1.807) is 36.4 Å². The van der Waals surface area contributed by atoms with Crippen molar-refractivity contribution in [2.24, 2.45) is 0 Å². The molecule has 0 aliphatic rings. The number of anilines is 2. The zero-order chi connectivity index (χ0) is 58.4. The smallest absolute Gasteiger partial charge is 0.255 e. The number of benzene rings is 3. The number of carbonyl (C=O) groups is 2. The Bertz CT molecular complexity index is 1950. The molecule has 0 bridgehead atoms. The van der Waals surface area contributed by atoms with Crippen molar-refractivity contribution < 1.29 is 38.0 Å². The lowest BCUT2D eigenvalue weighted by atomic mass is 10.1. The molecular weight excluding hydrogens is 1010 g/mol. The number of unbranched alkanes of at least 4 members (excludes halogenated alkanes) is 30. The topological polar surface area (TPSA) is 114 Å². The van der Waals surface area contributed by atoms with E-state index in [4.69, 9.17) is 34.8 Å². The number of amides is 2. The summed E-state index contributed by atoms with van der Waals surface area (Å²) >= 11 is 0. The molecule has 0 aliphatic carbocycles. The van der Waals surface area contributed by atoms with Gasteiger partial charge >= 0.3 is 0 Å². The lowest BCUT2D eigenvalue weighted by molar-refractivity contribution is 0.101. The molecule has 10 heteroatoms. The van der Waals surface area contributed by atoms with E-state index in [1.165, 1.54) is 128 Å². The van der Waals surface area contributed by atoms with Gasteiger partial charge in [-0.25, -0.2) is 0 Å². The average Bonchev–Trinajstić information content (AvgIpc) is 3.61. The van der Waals surface area contributed by atoms with Gasteiger partial charge in [0.2, 0.25) is 11.5 Å². The molecule has 3 rings (SSSR count). The van der Waals surface area contributed by atoms with E-state index in [0.717, 1.165) is 103 Å². The van der Waals surface area contributed by atoms with Gasteiger partial charge in [-0.15, -0.1) is 6.42 Å². The molecule has 0 saturated heterocycles. The fourth-order valence-electron chi connectivity index (χ4n) is 9.95. The van der Waals surface area contributed by atoms with Crippen molar-refractivity contribution in [3.63, 3.8) is 0 Å². The first-order valence-electron chi connectivity index (χ1n) is 33.1. The summed E-state index contributed by atoms with van der Waals surface area (Å²) in [5.41, 5.74) is 2.83. The van der Waals surface area contributed by atoms with E-state index in [-0.39, 0.29) is 11.8 Å². The van der Waals surface area contributed by atoms with Crippen LogP contribution in [0, 0.1) is 19.3 Å². The largest absolute Gasteiger partial charge is 0.490 e. The van der Waals surface area contributed by atoms with Crippen molar-refractivity contribution >= 4 is 23.2 Å². The predicted molar refractivity (Wildman–Crippen MR) is 341 cm³/mol. The molecule has 0 radical (unpaired) electrons. The molecule has 0 fully saturated rings. The molecule has 0 saturated carbocycles. The molecule has 456 valence electrons. The van der Waals surface area contributed by atoms with E-state index in [0.29, 0.717) is 108 Å². The summed E-state index contributed by atoms with van der Waals surface area (Å²) in [7, 11) is 0. The second-order valence-electron chi connectivity index (χ2n) is 22.5. The van der Waals surface area contributed by atoms with Gasteiger partial charge in [-0.05, 0) is 87.4 Å². The van der Waals surface area contributed by atoms with Crippen LogP contribution in [0.2, 0.25) is 0 Å². The average molecular weight is 1120 g/mol. The van der Waals surface area contributed by atoms with Gasteiger partial charge < -0.3 is 39.1 Å². The molecule has 10 nitrogen and oxygen atoms in total. The highest BCUT2D eigenvalue weighted by atomic mass is 16.5. The second-order valence-corrected chi connectivity index (χ2v) is 22.5. The van der Waals surface area contributed by atoms with Crippen molar-refractivity contribution in [3.8, 4) is 46.8 Å². The van der Waals surface area contributed by atoms with Gasteiger partial charge in [-0.1, -0.05) is 240 Å². The number of terminal acetylenes is 1. The van der Waals surface area contributed by atoms with Crippen LogP contribution in [0.1, 0.15) is 305 Å². The lowest BCUT2D eigenvalue weighted by Gasteiger charge is -2.20. The molecular formula is C71H114N2O8. The Hall–Kier alpha value is -5.04. The first-order valence-corrected chi connectivity index (χ1v) is 33.1. The van der Waals surface area contributed by atoms with Crippen LogP contribution < -0.4 is 39.1 Å². The van der Waals surface area contributed by atoms with Crippen molar-refractivity contribution in [3.05, 3.63) is 58.7 Å². The summed E-state index contributed by atoms with van der Waals surface area (Å²) in [6.45, 7) is 18.3. The predicted octanol–water partition coefficient (Wildman–Crippen LogP) is 20.9. The molecule has 0 aromatic heterocycles. The third-order valence-corrected chi connectivity index (χ3v) is 15.1. The van der Waals surface area contributed by atoms with Crippen LogP contribution in [0.4, 0.5) is 11.4 Å². The summed E-state index contributed by atoms with van der Waals surface area (Å²) in [6, 6.07) is 10.7. The summed E-state index contributed by atoms with van der Waals surface area (Å²) < 4.78 is 39.3. The summed E-state index contributed by atoms with van der Waals surface area (Å²) in [6.07, 6.45) is 47.0. The van der Waals surface area contributed by atoms with E-state index in [9.17, 15) is 9.59 Å². The fraction of sp³-hybridized carbons (Fsp3) is 0.690. The summed E-state index contributed by atoms with van der Waals surface area (Å²) in [5.74, 6) is 5.15. The van der Waals surface area contributed by atoms with Gasteiger partial charge in [0.1, 0.15) is 0 Å². The molecule has 3 aromatic rings. The van der Waals surface area contributed by atoms with Gasteiger partial charge in [0.05, 0.1) is 39.6 Å². The quantitative estimate of drug-likeness (QED) is 0.0424. The number of rotatable bonds is 52. The maximum Gasteiger partial charge on any atom is 0.255 e. The number of hydrogen-bond donors (Lipinski definition) is 2. The first kappa shape index (κ1) is 70.2. The Morgan fingerprint density at radius 3 is 0.802 bits per heavy atom. The lowest BCUT2D eigenvalue weighted by Crippen LogP contribution is -2.17. The molecule has 0 aliphatic heterocycles. The normalized spacial score (nSPS) is 11.1. The molecule has 3 aromatic carbocycles. The Morgan fingerprint density at radius 1 is 0.346 bits per heavy atom. The van der Waals surface area contributed by atoms with Crippen LogP contribution in [0.15, 0.2) is 36.4 Å². The van der Waals surface area contributed by atoms with Gasteiger partial charge in [-0.2, -0.15) is 0 Å². The fourth-order valence-corrected chi connectivity index (χ4v) is 9.95. The van der Waals surface area contributed by atoms with Crippen LogP contribution in [-0.4, -0.2) is 51.5 Å². The third-order valence-electron chi connectivity index (χ3n) is 15.1. The van der Waals surface area contributed by atoms with Gasteiger partial charge in [0.25, 0.3) is 11.8 Å². The van der Waals surface area contributed by atoms with E-state index in [2.05, 4.69) is 58.1 Å². The van der Waals surface area contributed by atoms with E-state index >= 15 is 0 Å². The molecule has 0 heterocycles. The zero-order valence-corrected chi connectivity index (χ0v) is 52.5. The van der Waals surface area contributed by atoms with Crippen LogP contribution in [-0.2, 0) is 0 Å². The van der Waals surface area contributed by atoms with Gasteiger partial charge in [0.15, 0.2) is 23.0 Å². The number of ether oxygens (including phenoxy) is 6. The molecule has 2 amide bonds. The van der Waals surface area contributed by atoms with E-state index < -0.39 is 0 Å². The minimum absolute atomic E-state index is 0.364. The number of carbonyl (C=O) groups excluding carboxylic acids is 2. The van der Waals surface area contributed by atoms with Crippen LogP contribution in [0.3, 0.4) is 0 Å². The first-order chi connectivity index (χ1) is 39.7. The molecule has 81 heavy (non-hydrogen) atoms. The standard InChI is InChI=1S/C71H114N2O8/c1-9-16-22-28-34-40-46-76-64-54-60(55-65(77-47-41-35-29-23-17-10-2)68(64)80-50-44-38-32-26-20-13-5)70(74)72-62-52-59(15-7)53-63(58(62)8)73-71(75)61-56-66(78-48-42-36-30-24-18-11-3)69(81-51-45-39-33-27-21-14-6)67(57-61)79-49-43-37-31-25-19-12-4/h7,52-57H,9-14,16-51H2,1-6,8H3,(H,72,74)(H,73,75). The van der Waals surface area contributed by atoms with Crippen LogP contribution in [0.25, 0.3) is 0 Å². The highest BCUT2D eigenvalue weighted by Crippen LogP contribution is 2.42. The van der Waals surface area contributed by atoms with Gasteiger partial charge in [-0.3, -0.25) is 9.59 Å². The Balaban J connectivity index is 2.01. The highest BCUT2D eigenvalue weighted by molar-refractivity contribution is 6.08. The van der Waals surface area contributed by atoms with Crippen molar-refractivity contribution in [1.82, 2.24) is 0 Å². The third kappa shape index (κ3) is 30.2. The monoisotopic (exact) mass is 1120 g/mol. The zero-order valence-electron chi connectivity index (χ0n) is 52.5. The number of nitrogens with one attached hydrogen (secondary N) is 2. The Morgan fingerprint density at radius 2 is 0.568 bits per heavy atom. The Labute approximate surface area is 494 Å². The molecule has 2 N–H and O–H groups in total. The minimum atomic E-state index is -0.364. The van der Waals surface area contributed by atoms with Crippen molar-refractivity contribution in [1.29, 1.82) is 0 Å². The highest BCUT2D eigenvalue weighted by Gasteiger charge is 2.23. The maximum absolute atomic E-state index is 14.6. The summed E-state index contributed by atoms with van der Waals surface area (Å²) in [4.78, 5) is 29.3. The molecule has 0 spiro atoms. The number of hydrogen-bond acceptors (Lipinski definition) is 8. The Kier molecular flexibility index (Phi) is 40.3. The second kappa shape index (κ2) is 46.4. The van der Waals surface area contributed by atoms with Crippen molar-refractivity contribution in [2.45, 2.75) is 280 Å².